The molecule has 0 radical (unpaired) electrons. The van der Waals surface area contributed by atoms with E-state index in [9.17, 15) is 18.8 Å². The van der Waals surface area contributed by atoms with E-state index in [-0.39, 0.29) is 23.5 Å². The minimum atomic E-state index is -0.762. The summed E-state index contributed by atoms with van der Waals surface area (Å²) in [6.07, 6.45) is 5.27. The highest BCUT2D eigenvalue weighted by Gasteiger charge is 2.51. The molecule has 3 aliphatic rings. The van der Waals surface area contributed by atoms with Gasteiger partial charge in [0, 0.05) is 26.6 Å². The Hall–Kier alpha value is -3.30. The van der Waals surface area contributed by atoms with E-state index in [2.05, 4.69) is 15.6 Å². The van der Waals surface area contributed by atoms with Gasteiger partial charge >= 0.3 is 12.0 Å². The topological polar surface area (TPSA) is 97.1 Å². The number of hydrogen-bond acceptors (Lipinski definition) is 5. The second-order valence-corrected chi connectivity index (χ2v) is 8.74. The summed E-state index contributed by atoms with van der Waals surface area (Å²) in [4.78, 5) is 44.7. The van der Waals surface area contributed by atoms with Crippen LogP contribution >= 0.6 is 0 Å². The minimum absolute atomic E-state index is 0.0817. The van der Waals surface area contributed by atoms with E-state index in [1.54, 1.807) is 23.8 Å². The van der Waals surface area contributed by atoms with E-state index < -0.39 is 12.1 Å². The summed E-state index contributed by atoms with van der Waals surface area (Å²) >= 11 is 0. The number of nitrogens with one attached hydrogen (secondary N) is 2. The number of halogens is 1. The van der Waals surface area contributed by atoms with Crippen molar-refractivity contribution in [1.29, 1.82) is 0 Å². The van der Waals surface area contributed by atoms with Crippen molar-refractivity contribution in [2.24, 2.45) is 10.9 Å². The average molecular weight is 458 g/mol. The molecular weight excluding hydrogens is 427 g/mol. The van der Waals surface area contributed by atoms with Crippen LogP contribution in [-0.4, -0.2) is 77.2 Å². The van der Waals surface area contributed by atoms with Crippen LogP contribution in [0.2, 0.25) is 0 Å². The van der Waals surface area contributed by atoms with Crippen LogP contribution in [0, 0.1) is 11.7 Å². The molecule has 9 nitrogen and oxygen atoms in total. The maximum absolute atomic E-state index is 13.4. The Morgan fingerprint density at radius 3 is 2.48 bits per heavy atom. The van der Waals surface area contributed by atoms with Crippen LogP contribution in [0.5, 0.6) is 0 Å². The zero-order valence-corrected chi connectivity index (χ0v) is 19.0. The lowest BCUT2D eigenvalue weighted by Gasteiger charge is -2.31. The molecule has 4 amide bonds. The van der Waals surface area contributed by atoms with Gasteiger partial charge in [0.1, 0.15) is 5.82 Å². The molecule has 176 valence electrons. The Morgan fingerprint density at radius 1 is 1.09 bits per heavy atom. The van der Waals surface area contributed by atoms with Gasteiger partial charge in [-0.1, -0.05) is 36.4 Å². The number of hydrogen-bond donors (Lipinski definition) is 2. The summed E-state index contributed by atoms with van der Waals surface area (Å²) in [6, 6.07) is 4.83. The number of likely N-dealkylation sites (N-methyl/N-ethyl adjacent to an activating group) is 2. The van der Waals surface area contributed by atoms with Crippen molar-refractivity contribution in [1.82, 2.24) is 20.4 Å². The van der Waals surface area contributed by atoms with Crippen molar-refractivity contribution in [2.45, 2.75) is 44.7 Å². The Labute approximate surface area is 192 Å². The molecule has 10 heteroatoms. The van der Waals surface area contributed by atoms with Crippen LogP contribution in [0.4, 0.5) is 9.18 Å². The lowest BCUT2D eigenvalue weighted by molar-refractivity contribution is -0.553. The Bertz CT molecular complexity index is 1000. The smallest absolute Gasteiger partial charge is 0.353 e. The second-order valence-electron chi connectivity index (χ2n) is 8.74. The van der Waals surface area contributed by atoms with Crippen molar-refractivity contribution in [3.05, 3.63) is 35.6 Å². The van der Waals surface area contributed by atoms with Crippen molar-refractivity contribution in [2.75, 3.05) is 27.2 Å². The number of carbonyl (C=O) groups is 3. The Kier molecular flexibility index (Phi) is 6.71. The molecule has 1 atom stereocenters. The van der Waals surface area contributed by atoms with E-state index in [4.69, 9.17) is 0 Å². The zero-order valence-electron chi connectivity index (χ0n) is 19.0. The monoisotopic (exact) mass is 457 g/mol. The zero-order chi connectivity index (χ0) is 23.5. The number of benzene rings is 1. The highest BCUT2D eigenvalue weighted by atomic mass is 19.1. The predicted molar refractivity (Wildman–Crippen MR) is 120 cm³/mol. The van der Waals surface area contributed by atoms with E-state index in [0.29, 0.717) is 31.4 Å². The minimum Gasteiger partial charge on any atom is -0.353 e. The Balaban J connectivity index is 1.48. The third kappa shape index (κ3) is 4.74. The molecule has 0 bridgehead atoms. The SMILES string of the molecule is CN1C(=O)C2C(=NC(NCCNC(=O)C3CCCCC3)=[N+]2Cc2ccc(F)cc2)N(C)C1=O. The summed E-state index contributed by atoms with van der Waals surface area (Å²) in [6.45, 7) is 1.14. The van der Waals surface area contributed by atoms with Crippen molar-refractivity contribution < 1.29 is 23.3 Å². The number of imide groups is 1. The molecule has 1 aliphatic carbocycles. The first kappa shape index (κ1) is 22.9. The van der Waals surface area contributed by atoms with Gasteiger partial charge in [0.05, 0.1) is 13.1 Å². The molecule has 4 rings (SSSR count). The molecular formula is C23H30FN6O3+. The second kappa shape index (κ2) is 9.68. The number of rotatable bonds is 6. The molecule has 1 unspecified atom stereocenters. The van der Waals surface area contributed by atoms with Gasteiger partial charge in [-0.05, 0) is 30.5 Å². The van der Waals surface area contributed by atoms with Crippen LogP contribution in [0.25, 0.3) is 0 Å². The first-order valence-corrected chi connectivity index (χ1v) is 11.4. The molecule has 2 N–H and O–H groups in total. The van der Waals surface area contributed by atoms with Gasteiger partial charge < -0.3 is 5.32 Å². The molecule has 1 saturated carbocycles. The number of guanidine groups is 1. The van der Waals surface area contributed by atoms with Gasteiger partial charge in [-0.2, -0.15) is 0 Å². The summed E-state index contributed by atoms with van der Waals surface area (Å²) < 4.78 is 15.1. The van der Waals surface area contributed by atoms with Crippen LogP contribution in [0.15, 0.2) is 29.3 Å². The van der Waals surface area contributed by atoms with E-state index >= 15 is 0 Å². The molecule has 1 aromatic rings. The van der Waals surface area contributed by atoms with Crippen LogP contribution in [0.1, 0.15) is 37.7 Å². The fraction of sp³-hybridized carbons (Fsp3) is 0.522. The first-order chi connectivity index (χ1) is 15.9. The number of urea groups is 1. The third-order valence-corrected chi connectivity index (χ3v) is 6.48. The summed E-state index contributed by atoms with van der Waals surface area (Å²) in [5.41, 5.74) is 0.799. The molecule has 0 spiro atoms. The van der Waals surface area contributed by atoms with Gasteiger partial charge in [-0.25, -0.2) is 13.8 Å². The molecule has 2 heterocycles. The molecule has 2 aliphatic heterocycles. The highest BCUT2D eigenvalue weighted by Crippen LogP contribution is 2.23. The maximum Gasteiger partial charge on any atom is 0.390 e. The van der Waals surface area contributed by atoms with Crippen LogP contribution in [-0.2, 0) is 16.1 Å². The van der Waals surface area contributed by atoms with Gasteiger partial charge in [-0.15, -0.1) is 0 Å². The normalized spacial score (nSPS) is 21.3. The molecule has 2 fully saturated rings. The van der Waals surface area contributed by atoms with Crippen LogP contribution < -0.4 is 10.6 Å². The molecule has 1 saturated heterocycles. The lowest BCUT2D eigenvalue weighted by Crippen LogP contribution is -2.61. The Morgan fingerprint density at radius 2 is 1.79 bits per heavy atom. The van der Waals surface area contributed by atoms with E-state index in [1.807, 2.05) is 0 Å². The third-order valence-electron chi connectivity index (χ3n) is 6.48. The number of fused-ring (bicyclic) bond motifs is 1. The quantitative estimate of drug-likeness (QED) is 0.497. The lowest BCUT2D eigenvalue weighted by atomic mass is 9.89. The van der Waals surface area contributed by atoms with Gasteiger partial charge in [0.2, 0.25) is 17.8 Å². The van der Waals surface area contributed by atoms with Crippen molar-refractivity contribution in [3.8, 4) is 0 Å². The summed E-state index contributed by atoms with van der Waals surface area (Å²) in [5, 5.41) is 6.18. The highest BCUT2D eigenvalue weighted by molar-refractivity contribution is 6.22. The van der Waals surface area contributed by atoms with Gasteiger partial charge in [-0.3, -0.25) is 24.7 Å². The standard InChI is InChI=1S/C23H29FN6O3/c1-28-19-18(21(32)29(2)23(28)33)30(14-15-8-10-17(24)11-9-15)22(27-19)26-13-12-25-20(31)16-6-4-3-5-7-16/h8-11,16,18H,3-7,12-14H2,1-2H3,(H,25,31)/p+1. The number of aliphatic imine (C=N–C) groups is 1. The van der Waals surface area contributed by atoms with E-state index in [1.165, 1.54) is 30.5 Å². The number of nitrogens with zero attached hydrogens (tertiary/aromatic N) is 4. The molecule has 33 heavy (non-hydrogen) atoms. The largest absolute Gasteiger partial charge is 0.390 e. The number of amides is 4. The number of amidine groups is 1. The first-order valence-electron chi connectivity index (χ1n) is 11.4. The fourth-order valence-electron chi connectivity index (χ4n) is 4.56. The van der Waals surface area contributed by atoms with Gasteiger partial charge in [0.15, 0.2) is 0 Å². The summed E-state index contributed by atoms with van der Waals surface area (Å²) in [5.74, 6) is 0.240. The average Bonchev–Trinajstić information content (AvgIpc) is 3.19. The predicted octanol–water partition coefficient (Wildman–Crippen LogP) is 1.28. The maximum atomic E-state index is 13.4. The molecule has 1 aromatic carbocycles. The molecule has 0 aromatic heterocycles. The van der Waals surface area contributed by atoms with Crippen LogP contribution in [0.3, 0.4) is 0 Å². The van der Waals surface area contributed by atoms with Gasteiger partial charge in [0.25, 0.3) is 5.91 Å². The fourth-order valence-corrected chi connectivity index (χ4v) is 4.56. The van der Waals surface area contributed by atoms with Crippen molar-refractivity contribution in [3.63, 3.8) is 0 Å². The van der Waals surface area contributed by atoms with E-state index in [0.717, 1.165) is 36.1 Å². The van der Waals surface area contributed by atoms with Crippen molar-refractivity contribution >= 4 is 29.6 Å². The summed E-state index contributed by atoms with van der Waals surface area (Å²) in [7, 11) is 3.03. The number of carbonyl (C=O) groups excluding carboxylic acids is 3.